The van der Waals surface area contributed by atoms with Crippen molar-refractivity contribution < 1.29 is 19.1 Å². The maximum atomic E-state index is 13.5. The van der Waals surface area contributed by atoms with Gasteiger partial charge in [-0.05, 0) is 36.7 Å². The van der Waals surface area contributed by atoms with Crippen LogP contribution >= 0.6 is 0 Å². The Bertz CT molecular complexity index is 848. The van der Waals surface area contributed by atoms with Crippen LogP contribution < -0.4 is 0 Å². The van der Waals surface area contributed by atoms with Crippen LogP contribution in [0.4, 0.5) is 0 Å². The van der Waals surface area contributed by atoms with E-state index in [0.717, 1.165) is 69.8 Å². The molecule has 1 aromatic rings. The third-order valence-corrected chi connectivity index (χ3v) is 8.49. The second-order valence-electron chi connectivity index (χ2n) is 11.1. The molecule has 4 heteroatoms. The third-order valence-electron chi connectivity index (χ3n) is 8.49. The highest BCUT2D eigenvalue weighted by molar-refractivity contribution is 5.90. The summed E-state index contributed by atoms with van der Waals surface area (Å²) in [5.74, 6) is -0.269. The number of hydrogen-bond donors (Lipinski definition) is 0. The molecule has 4 aliphatic rings. The molecule has 2 saturated heterocycles. The van der Waals surface area contributed by atoms with Crippen molar-refractivity contribution in [3.8, 4) is 0 Å². The first kappa shape index (κ1) is 20.1. The average Bonchev–Trinajstić information content (AvgIpc) is 3.11. The molecule has 2 aliphatic carbocycles. The summed E-state index contributed by atoms with van der Waals surface area (Å²) in [5, 5.41) is 0. The van der Waals surface area contributed by atoms with Crippen LogP contribution in [0.3, 0.4) is 0 Å². The van der Waals surface area contributed by atoms with Crippen LogP contribution in [0.2, 0.25) is 0 Å². The number of fused-ring (bicyclic) bond motifs is 3. The summed E-state index contributed by atoms with van der Waals surface area (Å²) >= 11 is 0. The molecule has 1 aromatic carbocycles. The second-order valence-corrected chi connectivity index (χ2v) is 11.1. The van der Waals surface area contributed by atoms with E-state index in [1.54, 1.807) is 0 Å². The molecule has 0 aromatic heterocycles. The van der Waals surface area contributed by atoms with Gasteiger partial charge in [0.25, 0.3) is 0 Å². The molecule has 162 valence electrons. The Morgan fingerprint density at radius 2 is 1.37 bits per heavy atom. The molecule has 4 fully saturated rings. The minimum atomic E-state index is -0.977. The quantitative estimate of drug-likeness (QED) is 0.569. The van der Waals surface area contributed by atoms with Gasteiger partial charge in [0.1, 0.15) is 10.8 Å². The van der Waals surface area contributed by atoms with Crippen LogP contribution in [0.25, 0.3) is 0 Å². The summed E-state index contributed by atoms with van der Waals surface area (Å²) in [6.45, 7) is 6.58. The van der Waals surface area contributed by atoms with E-state index >= 15 is 0 Å². The SMILES string of the molecule is CC(C)(C)c1ccc([C@]23OC(=O)C4(CCCCC4)[C@H]2OC(=O)C32CCCCC2)cc1. The van der Waals surface area contributed by atoms with E-state index < -0.39 is 22.5 Å². The number of esters is 2. The van der Waals surface area contributed by atoms with Gasteiger partial charge in [-0.2, -0.15) is 0 Å². The maximum absolute atomic E-state index is 13.5. The standard InChI is InChI=1S/C26H34O4/c1-23(2,3)18-10-12-19(13-11-18)26-20(24(21(27)30-26)14-6-4-7-15-24)29-22(28)25(26)16-8-5-9-17-25/h10-13,20H,4-9,14-17H2,1-3H3/t20-,26+/m1/s1. The fourth-order valence-corrected chi connectivity index (χ4v) is 6.80. The van der Waals surface area contributed by atoms with Gasteiger partial charge in [-0.1, -0.05) is 83.6 Å². The normalized spacial score (nSPS) is 32.2. The number of hydrogen-bond acceptors (Lipinski definition) is 4. The van der Waals surface area contributed by atoms with Crippen LogP contribution in [-0.4, -0.2) is 18.0 Å². The fraction of sp³-hybridized carbons (Fsp3) is 0.692. The summed E-state index contributed by atoms with van der Waals surface area (Å²) in [6, 6.07) is 8.47. The highest BCUT2D eigenvalue weighted by atomic mass is 16.6. The van der Waals surface area contributed by atoms with Gasteiger partial charge in [-0.3, -0.25) is 9.59 Å². The molecule has 4 nitrogen and oxygen atoms in total. The maximum Gasteiger partial charge on any atom is 0.317 e. The first-order valence-electron chi connectivity index (χ1n) is 11.8. The van der Waals surface area contributed by atoms with Crippen LogP contribution in [-0.2, 0) is 30.1 Å². The largest absolute Gasteiger partial charge is 0.456 e. The van der Waals surface area contributed by atoms with Crippen molar-refractivity contribution in [2.24, 2.45) is 10.8 Å². The second kappa shape index (κ2) is 6.58. The van der Waals surface area contributed by atoms with Crippen LogP contribution in [0.15, 0.2) is 24.3 Å². The van der Waals surface area contributed by atoms with Gasteiger partial charge in [-0.25, -0.2) is 0 Å². The van der Waals surface area contributed by atoms with Gasteiger partial charge >= 0.3 is 11.9 Å². The Hall–Kier alpha value is -1.84. The smallest absolute Gasteiger partial charge is 0.317 e. The van der Waals surface area contributed by atoms with Gasteiger partial charge in [0, 0.05) is 5.56 Å². The van der Waals surface area contributed by atoms with Crippen molar-refractivity contribution in [1.29, 1.82) is 0 Å². The average molecular weight is 411 g/mol. The van der Waals surface area contributed by atoms with Crippen molar-refractivity contribution in [3.63, 3.8) is 0 Å². The van der Waals surface area contributed by atoms with Gasteiger partial charge < -0.3 is 9.47 Å². The van der Waals surface area contributed by atoms with E-state index in [2.05, 4.69) is 45.0 Å². The van der Waals surface area contributed by atoms with Gasteiger partial charge in [-0.15, -0.1) is 0 Å². The molecular formula is C26H34O4. The monoisotopic (exact) mass is 410 g/mol. The highest BCUT2D eigenvalue weighted by Crippen LogP contribution is 2.68. The molecule has 2 spiro atoms. The van der Waals surface area contributed by atoms with Crippen LogP contribution in [0, 0.1) is 10.8 Å². The zero-order valence-electron chi connectivity index (χ0n) is 18.6. The summed E-state index contributed by atoms with van der Waals surface area (Å²) in [4.78, 5) is 27.0. The number of carbonyl (C=O) groups excluding carboxylic acids is 2. The molecule has 30 heavy (non-hydrogen) atoms. The predicted octanol–water partition coefficient (Wildman–Crippen LogP) is 5.56. The van der Waals surface area contributed by atoms with Gasteiger partial charge in [0.05, 0.1) is 0 Å². The minimum absolute atomic E-state index is 0.0388. The molecule has 2 aliphatic heterocycles. The van der Waals surface area contributed by atoms with Crippen molar-refractivity contribution in [1.82, 2.24) is 0 Å². The Morgan fingerprint density at radius 3 is 1.93 bits per heavy atom. The third kappa shape index (κ3) is 2.45. The van der Waals surface area contributed by atoms with Crippen molar-refractivity contribution in [2.45, 2.75) is 102 Å². The summed E-state index contributed by atoms with van der Waals surface area (Å²) in [6.07, 6.45) is 8.73. The number of benzene rings is 1. The van der Waals surface area contributed by atoms with Gasteiger partial charge in [0.15, 0.2) is 11.7 Å². The van der Waals surface area contributed by atoms with E-state index in [1.165, 1.54) is 5.56 Å². The fourth-order valence-electron chi connectivity index (χ4n) is 6.80. The number of ether oxygens (including phenoxy) is 2. The summed E-state index contributed by atoms with van der Waals surface area (Å²) in [7, 11) is 0. The van der Waals surface area contributed by atoms with Crippen LogP contribution in [0.1, 0.15) is 96.1 Å². The molecule has 0 unspecified atom stereocenters. The molecular weight excluding hydrogens is 376 g/mol. The Morgan fingerprint density at radius 1 is 0.800 bits per heavy atom. The molecule has 2 heterocycles. The Kier molecular flexibility index (Phi) is 4.40. The van der Waals surface area contributed by atoms with E-state index in [9.17, 15) is 9.59 Å². The van der Waals surface area contributed by atoms with E-state index in [0.29, 0.717) is 0 Å². The minimum Gasteiger partial charge on any atom is -0.456 e. The number of rotatable bonds is 1. The van der Waals surface area contributed by atoms with E-state index in [4.69, 9.17) is 9.47 Å². The van der Waals surface area contributed by atoms with Crippen molar-refractivity contribution in [2.75, 3.05) is 0 Å². The first-order chi connectivity index (χ1) is 14.3. The molecule has 0 radical (unpaired) electrons. The first-order valence-corrected chi connectivity index (χ1v) is 11.8. The van der Waals surface area contributed by atoms with Gasteiger partial charge in [0.2, 0.25) is 0 Å². The Balaban J connectivity index is 1.69. The van der Waals surface area contributed by atoms with Crippen LogP contribution in [0.5, 0.6) is 0 Å². The topological polar surface area (TPSA) is 52.6 Å². The predicted molar refractivity (Wildman–Crippen MR) is 114 cm³/mol. The van der Waals surface area contributed by atoms with E-state index in [1.807, 2.05) is 0 Å². The summed E-state index contributed by atoms with van der Waals surface area (Å²) < 4.78 is 12.7. The molecule has 2 saturated carbocycles. The molecule has 0 bridgehead atoms. The lowest BCUT2D eigenvalue weighted by atomic mass is 9.57. The zero-order valence-corrected chi connectivity index (χ0v) is 18.6. The molecule has 0 amide bonds. The number of carbonyl (C=O) groups is 2. The molecule has 5 rings (SSSR count). The molecule has 2 atom stereocenters. The Labute approximate surface area is 179 Å². The van der Waals surface area contributed by atoms with Crippen molar-refractivity contribution in [3.05, 3.63) is 35.4 Å². The lowest BCUT2D eigenvalue weighted by Gasteiger charge is -2.43. The van der Waals surface area contributed by atoms with E-state index in [-0.39, 0.29) is 17.4 Å². The molecule has 0 N–H and O–H groups in total. The summed E-state index contributed by atoms with van der Waals surface area (Å²) in [5.41, 5.74) is -0.164. The van der Waals surface area contributed by atoms with Crippen molar-refractivity contribution >= 4 is 11.9 Å². The highest BCUT2D eigenvalue weighted by Gasteiger charge is 2.80. The lowest BCUT2D eigenvalue weighted by molar-refractivity contribution is -0.173. The lowest BCUT2D eigenvalue weighted by Crippen LogP contribution is -2.52. The zero-order chi connectivity index (χ0) is 21.2.